The molecule has 4 aromatic heterocycles. The van der Waals surface area contributed by atoms with Gasteiger partial charge in [-0.15, -0.1) is 0 Å². The van der Waals surface area contributed by atoms with Gasteiger partial charge in [-0.2, -0.15) is 0 Å². The molecule has 0 N–H and O–H groups in total. The van der Waals surface area contributed by atoms with Gasteiger partial charge < -0.3 is 0 Å². The van der Waals surface area contributed by atoms with Crippen molar-refractivity contribution in [2.24, 2.45) is 11.8 Å². The van der Waals surface area contributed by atoms with E-state index in [9.17, 15) is 0 Å². The second-order valence-corrected chi connectivity index (χ2v) is 49.5. The summed E-state index contributed by atoms with van der Waals surface area (Å²) in [5.74, 6) is 1.58. The third-order valence-electron chi connectivity index (χ3n) is 9.04. The van der Waals surface area contributed by atoms with Crippen LogP contribution in [0.3, 0.4) is 0 Å². The van der Waals surface area contributed by atoms with Crippen molar-refractivity contribution in [3.8, 4) is 20.9 Å². The van der Waals surface area contributed by atoms with E-state index in [-0.39, 0.29) is 0 Å². The van der Waals surface area contributed by atoms with E-state index >= 15 is 0 Å². The quantitative estimate of drug-likeness (QED) is 0.110. The molecule has 226 valence electrons. The molecule has 0 saturated heterocycles. The average molecular weight is 848 g/mol. The molecule has 0 aliphatic rings. The summed E-state index contributed by atoms with van der Waals surface area (Å²) in [5, 5.41) is 3.07. The van der Waals surface area contributed by atoms with Gasteiger partial charge in [0.2, 0.25) is 0 Å². The fraction of sp³-hybridized carbons (Fsp3) is 0.500. The molecule has 1 aromatic carbocycles. The summed E-state index contributed by atoms with van der Waals surface area (Å²) < 4.78 is 6.52. The van der Waals surface area contributed by atoms with Gasteiger partial charge in [-0.3, -0.25) is 0 Å². The average Bonchev–Trinajstić information content (AvgIpc) is 3.74. The van der Waals surface area contributed by atoms with Crippen LogP contribution < -0.4 is 5.79 Å². The Bertz CT molecular complexity index is 1480. The number of fused-ring (bicyclic) bond motifs is 2. The molecule has 0 atom stereocenters. The zero-order valence-corrected chi connectivity index (χ0v) is 36.5. The molecule has 5 rings (SSSR count). The summed E-state index contributed by atoms with van der Waals surface area (Å²) >= 11 is 3.86. The maximum absolute atomic E-state index is 2.66. The zero-order chi connectivity index (χ0) is 30.4. The molecule has 0 fully saturated rings. The second kappa shape index (κ2) is 13.5. The van der Waals surface area contributed by atoms with Crippen LogP contribution in [0, 0.1) is 11.8 Å². The van der Waals surface area contributed by atoms with Crippen molar-refractivity contribution in [1.29, 1.82) is 0 Å². The first-order chi connectivity index (χ1) is 19.9. The summed E-state index contributed by atoms with van der Waals surface area (Å²) in [7, 11) is 0. The minimum absolute atomic E-state index is 0.790. The molecule has 0 saturated carbocycles. The Morgan fingerprint density at radius 3 is 1.19 bits per heavy atom. The Labute approximate surface area is 279 Å². The van der Waals surface area contributed by atoms with E-state index in [0.717, 1.165) is 11.8 Å². The van der Waals surface area contributed by atoms with E-state index in [4.69, 9.17) is 0 Å². The topological polar surface area (TPSA) is 0 Å². The predicted molar refractivity (Wildman–Crippen MR) is 205 cm³/mol. The third kappa shape index (κ3) is 6.94. The van der Waals surface area contributed by atoms with Gasteiger partial charge in [-0.05, 0) is 0 Å². The normalized spacial score (nSPS) is 13.0. The van der Waals surface area contributed by atoms with E-state index in [2.05, 4.69) is 139 Å². The first-order valence-electron chi connectivity index (χ1n) is 16.1. The SMILES string of the molecule is CCC(CC)Cc1ccc(-c2c3c[c]([Sn]([CH3])([CH3])[CH3])sc3c(-c3ccc(CC(CC)CC)s3)c3c[c]([Sn]([CH3])([CH3])[CH3])sc23)s1. The number of hydrogen-bond donors (Lipinski definition) is 0. The summed E-state index contributed by atoms with van der Waals surface area (Å²) in [6.45, 7) is 9.41. The fourth-order valence-corrected chi connectivity index (χ4v) is 21.3. The van der Waals surface area contributed by atoms with Crippen LogP contribution in [0.4, 0.5) is 0 Å². The van der Waals surface area contributed by atoms with Crippen LogP contribution in [0.25, 0.3) is 41.1 Å². The summed E-state index contributed by atoms with van der Waals surface area (Å²) in [5.41, 5.74) is 3.09. The molecule has 0 aliphatic heterocycles. The van der Waals surface area contributed by atoms with E-state index in [1.54, 1.807) is 36.1 Å². The van der Waals surface area contributed by atoms with Crippen molar-refractivity contribution in [3.05, 3.63) is 46.2 Å². The standard InChI is InChI=1S/C30H32S4.6CH3.2Sn/c1-5-19(6-2)17-21-9-11-25(33-21)27-23-13-15-32-30(23)28(24-14-16-31-29(24)27)26-12-10-22(34-26)18-20(7-3)8-4;;;;;;;;/h9-14,19-20H,5-8,17-18H2,1-4H3;6*1H3;;. The Kier molecular flexibility index (Phi) is 10.7. The molecule has 0 radical (unpaired) electrons. The van der Waals surface area contributed by atoms with Gasteiger partial charge in [0.25, 0.3) is 0 Å². The Morgan fingerprint density at radius 1 is 0.524 bits per heavy atom. The molecule has 4 heterocycles. The van der Waals surface area contributed by atoms with Crippen LogP contribution in [0.1, 0.15) is 63.1 Å². The Balaban J connectivity index is 1.80. The summed E-state index contributed by atoms with van der Waals surface area (Å²) in [6.07, 6.45) is 7.52. The molecule has 6 heteroatoms. The third-order valence-corrected chi connectivity index (χ3v) is 32.4. The molecule has 5 aromatic rings. The van der Waals surface area contributed by atoms with Gasteiger partial charge in [-0.1, -0.05) is 0 Å². The van der Waals surface area contributed by atoms with Crippen LogP contribution in [0.2, 0.25) is 29.6 Å². The molecular weight excluding hydrogens is 798 g/mol. The van der Waals surface area contributed by atoms with E-state index in [0.29, 0.717) is 0 Å². The first-order valence-corrected chi connectivity index (χ1v) is 39.3. The van der Waals surface area contributed by atoms with Crippen molar-refractivity contribution in [2.75, 3.05) is 0 Å². The van der Waals surface area contributed by atoms with Gasteiger partial charge in [0.1, 0.15) is 0 Å². The van der Waals surface area contributed by atoms with Crippen LogP contribution in [0.15, 0.2) is 36.4 Å². The van der Waals surface area contributed by atoms with Crippen LogP contribution in [0.5, 0.6) is 0 Å². The van der Waals surface area contributed by atoms with Gasteiger partial charge in [0.05, 0.1) is 0 Å². The van der Waals surface area contributed by atoms with Gasteiger partial charge in [0.15, 0.2) is 0 Å². The molecule has 0 amide bonds. The Hall–Kier alpha value is 0.137. The zero-order valence-electron chi connectivity index (χ0n) is 27.5. The number of hydrogen-bond acceptors (Lipinski definition) is 4. The number of benzene rings is 1. The molecule has 0 bridgehead atoms. The minimum atomic E-state index is -2.30. The molecule has 0 aliphatic carbocycles. The molecule has 0 unspecified atom stereocenters. The molecule has 42 heavy (non-hydrogen) atoms. The van der Waals surface area contributed by atoms with Crippen LogP contribution in [-0.2, 0) is 12.8 Å². The van der Waals surface area contributed by atoms with Gasteiger partial charge in [-0.25, -0.2) is 0 Å². The monoisotopic (exact) mass is 850 g/mol. The van der Waals surface area contributed by atoms with Gasteiger partial charge in [0, 0.05) is 0 Å². The molecule has 0 spiro atoms. The number of rotatable bonds is 12. The van der Waals surface area contributed by atoms with Crippen LogP contribution >= 0.6 is 45.3 Å². The molecular formula is C36H50S4Sn2. The molecule has 0 nitrogen and oxygen atoms in total. The Morgan fingerprint density at radius 2 is 0.881 bits per heavy atom. The second-order valence-electron chi connectivity index (χ2n) is 14.3. The predicted octanol–water partition coefficient (Wildman–Crippen LogP) is 12.6. The maximum atomic E-state index is 2.66. The van der Waals surface area contributed by atoms with Crippen molar-refractivity contribution in [2.45, 2.75) is 95.9 Å². The van der Waals surface area contributed by atoms with Crippen molar-refractivity contribution in [1.82, 2.24) is 0 Å². The first kappa shape index (κ1) is 33.5. The van der Waals surface area contributed by atoms with Crippen molar-refractivity contribution < 1.29 is 0 Å². The van der Waals surface area contributed by atoms with Gasteiger partial charge >= 0.3 is 283 Å². The van der Waals surface area contributed by atoms with E-state index in [1.807, 2.05) is 0 Å². The number of thiophene rings is 4. The fourth-order valence-electron chi connectivity index (χ4n) is 5.97. The van der Waals surface area contributed by atoms with Crippen molar-refractivity contribution in [3.63, 3.8) is 0 Å². The van der Waals surface area contributed by atoms with E-state index in [1.165, 1.54) is 59.1 Å². The van der Waals surface area contributed by atoms with Crippen LogP contribution in [-0.4, -0.2) is 36.8 Å². The van der Waals surface area contributed by atoms with E-state index < -0.39 is 36.8 Å². The summed E-state index contributed by atoms with van der Waals surface area (Å²) in [4.78, 5) is 21.6. The summed E-state index contributed by atoms with van der Waals surface area (Å²) in [6, 6.07) is 15.1. The van der Waals surface area contributed by atoms with Crippen molar-refractivity contribution >= 4 is 108 Å².